The Morgan fingerprint density at radius 3 is 2.56 bits per heavy atom. The fourth-order valence-corrected chi connectivity index (χ4v) is 2.71. The van der Waals surface area contributed by atoms with Crippen molar-refractivity contribution in [2.45, 2.75) is 45.4 Å². The van der Waals surface area contributed by atoms with Crippen molar-refractivity contribution in [3.63, 3.8) is 0 Å². The second kappa shape index (κ2) is 6.23. The van der Waals surface area contributed by atoms with Crippen molar-refractivity contribution in [3.05, 3.63) is 41.5 Å². The van der Waals surface area contributed by atoms with Crippen LogP contribution in [0.4, 0.5) is 4.39 Å². The average Bonchev–Trinajstić information content (AvgIpc) is 2.95. The highest BCUT2D eigenvalue weighted by molar-refractivity contribution is 5.89. The van der Waals surface area contributed by atoms with Crippen molar-refractivity contribution in [2.24, 2.45) is 0 Å². The number of halogens is 1. The number of fused-ring (bicyclic) bond motifs is 1. The van der Waals surface area contributed by atoms with Crippen molar-refractivity contribution < 1.29 is 14.0 Å². The Morgan fingerprint density at radius 1 is 1.24 bits per heavy atom. The molecule has 1 unspecified atom stereocenters. The number of aromatic nitrogens is 4. The van der Waals surface area contributed by atoms with Crippen LogP contribution in [-0.4, -0.2) is 42.5 Å². The minimum absolute atomic E-state index is 0.0389. The van der Waals surface area contributed by atoms with Gasteiger partial charge in [0.25, 0.3) is 0 Å². The zero-order valence-corrected chi connectivity index (χ0v) is 14.2. The number of hydrogen-bond donors (Lipinski definition) is 1. The van der Waals surface area contributed by atoms with Gasteiger partial charge in [-0.25, -0.2) is 9.07 Å². The topological polar surface area (TPSA) is 93.0 Å². The van der Waals surface area contributed by atoms with E-state index in [1.165, 1.54) is 33.8 Å². The number of hydrogen-bond acceptors (Lipinski definition) is 5. The van der Waals surface area contributed by atoms with E-state index < -0.39 is 17.4 Å². The van der Waals surface area contributed by atoms with E-state index in [1.807, 2.05) is 20.8 Å². The summed E-state index contributed by atoms with van der Waals surface area (Å²) in [7, 11) is 0. The van der Waals surface area contributed by atoms with Gasteiger partial charge < -0.3 is 10.2 Å². The summed E-state index contributed by atoms with van der Waals surface area (Å²) in [6, 6.07) is 4.66. The number of carbonyl (C=O) groups excluding carboxylic acids is 2. The van der Waals surface area contributed by atoms with Crippen molar-refractivity contribution in [1.29, 1.82) is 0 Å². The molecule has 0 saturated heterocycles. The van der Waals surface area contributed by atoms with E-state index in [0.29, 0.717) is 11.4 Å². The summed E-state index contributed by atoms with van der Waals surface area (Å²) in [6.07, 6.45) is 0. The second-order valence-electron chi connectivity index (χ2n) is 6.97. The summed E-state index contributed by atoms with van der Waals surface area (Å²) in [4.78, 5) is 26.9. The number of nitrogens with one attached hydrogen (secondary N) is 1. The molecule has 2 heterocycles. The maximum absolute atomic E-state index is 13.3. The van der Waals surface area contributed by atoms with Crippen molar-refractivity contribution in [1.82, 2.24) is 30.4 Å². The monoisotopic (exact) mass is 346 g/mol. The summed E-state index contributed by atoms with van der Waals surface area (Å²) in [6.45, 7) is 5.62. The molecule has 1 aromatic heterocycles. The minimum Gasteiger partial charge on any atom is -0.349 e. The van der Waals surface area contributed by atoms with Crippen LogP contribution in [0.3, 0.4) is 0 Å². The van der Waals surface area contributed by atoms with E-state index in [2.05, 4.69) is 20.8 Å². The highest BCUT2D eigenvalue weighted by atomic mass is 19.1. The molecule has 1 aromatic carbocycles. The lowest BCUT2D eigenvalue weighted by Crippen LogP contribution is -2.51. The van der Waals surface area contributed by atoms with Crippen LogP contribution < -0.4 is 5.32 Å². The van der Waals surface area contributed by atoms with Gasteiger partial charge in [0, 0.05) is 5.54 Å². The van der Waals surface area contributed by atoms with E-state index in [0.717, 1.165) is 0 Å². The Balaban J connectivity index is 1.97. The lowest BCUT2D eigenvalue weighted by atomic mass is 10.0. The number of carbonyl (C=O) groups is 2. The highest BCUT2D eigenvalue weighted by Gasteiger charge is 2.37. The molecule has 8 nitrogen and oxygen atoms in total. The summed E-state index contributed by atoms with van der Waals surface area (Å²) in [5.74, 6) is -0.533. The SMILES string of the molecule is CC(C)(C)NC(=O)C(c1ccc(F)cc1)N1Cc2nnnn2CC1=O. The molecule has 1 aliphatic heterocycles. The quantitative estimate of drug-likeness (QED) is 0.888. The Morgan fingerprint density at radius 2 is 1.92 bits per heavy atom. The molecule has 1 atom stereocenters. The number of tetrazole rings is 1. The lowest BCUT2D eigenvalue weighted by molar-refractivity contribution is -0.144. The van der Waals surface area contributed by atoms with Crippen LogP contribution in [0.1, 0.15) is 38.2 Å². The smallest absolute Gasteiger partial charge is 0.247 e. The van der Waals surface area contributed by atoms with Gasteiger partial charge in [0.2, 0.25) is 11.8 Å². The minimum atomic E-state index is -0.891. The van der Waals surface area contributed by atoms with Gasteiger partial charge in [-0.3, -0.25) is 9.59 Å². The molecule has 0 saturated carbocycles. The molecule has 0 aliphatic carbocycles. The fourth-order valence-electron chi connectivity index (χ4n) is 2.71. The first-order valence-electron chi connectivity index (χ1n) is 7.86. The first-order valence-corrected chi connectivity index (χ1v) is 7.86. The third kappa shape index (κ3) is 3.65. The van der Waals surface area contributed by atoms with E-state index in [4.69, 9.17) is 0 Å². The first kappa shape index (κ1) is 17.0. The van der Waals surface area contributed by atoms with Gasteiger partial charge in [-0.2, -0.15) is 0 Å². The Labute approximate surface area is 144 Å². The predicted molar refractivity (Wildman–Crippen MR) is 85.4 cm³/mol. The Hall–Kier alpha value is -2.84. The zero-order chi connectivity index (χ0) is 18.2. The maximum Gasteiger partial charge on any atom is 0.247 e. The van der Waals surface area contributed by atoms with Crippen molar-refractivity contribution >= 4 is 11.8 Å². The van der Waals surface area contributed by atoms with Gasteiger partial charge in [0.15, 0.2) is 5.82 Å². The fraction of sp³-hybridized carbons (Fsp3) is 0.438. The van der Waals surface area contributed by atoms with E-state index >= 15 is 0 Å². The number of amides is 2. The highest BCUT2D eigenvalue weighted by Crippen LogP contribution is 2.26. The molecule has 0 spiro atoms. The van der Waals surface area contributed by atoms with Gasteiger partial charge >= 0.3 is 0 Å². The van der Waals surface area contributed by atoms with Gasteiger partial charge in [0.1, 0.15) is 18.4 Å². The van der Waals surface area contributed by atoms with Crippen molar-refractivity contribution in [3.8, 4) is 0 Å². The number of rotatable bonds is 3. The third-order valence-electron chi connectivity index (χ3n) is 3.77. The van der Waals surface area contributed by atoms with E-state index in [9.17, 15) is 14.0 Å². The molecule has 132 valence electrons. The van der Waals surface area contributed by atoms with Gasteiger partial charge in [-0.05, 0) is 48.9 Å². The molecule has 2 amide bonds. The van der Waals surface area contributed by atoms with Gasteiger partial charge in [-0.1, -0.05) is 12.1 Å². The summed E-state index contributed by atoms with van der Waals surface area (Å²) < 4.78 is 14.7. The number of benzene rings is 1. The van der Waals surface area contributed by atoms with Crippen LogP contribution in [0, 0.1) is 5.82 Å². The van der Waals surface area contributed by atoms with Crippen LogP contribution in [0.2, 0.25) is 0 Å². The second-order valence-corrected chi connectivity index (χ2v) is 6.97. The van der Waals surface area contributed by atoms with Gasteiger partial charge in [-0.15, -0.1) is 5.10 Å². The van der Waals surface area contributed by atoms with E-state index in [1.54, 1.807) is 0 Å². The largest absolute Gasteiger partial charge is 0.349 e. The Bertz CT molecular complexity index is 796. The maximum atomic E-state index is 13.3. The Kier molecular flexibility index (Phi) is 4.23. The van der Waals surface area contributed by atoms with Crippen molar-refractivity contribution in [2.75, 3.05) is 0 Å². The lowest BCUT2D eigenvalue weighted by Gasteiger charge is -2.35. The summed E-state index contributed by atoms with van der Waals surface area (Å²) in [5.41, 5.74) is 0.0490. The van der Waals surface area contributed by atoms with Crippen LogP contribution in [0.15, 0.2) is 24.3 Å². The third-order valence-corrected chi connectivity index (χ3v) is 3.77. The summed E-state index contributed by atoms with van der Waals surface area (Å²) in [5, 5.41) is 14.1. The van der Waals surface area contributed by atoms with Crippen LogP contribution in [-0.2, 0) is 22.7 Å². The van der Waals surface area contributed by atoms with Crippen LogP contribution in [0.25, 0.3) is 0 Å². The zero-order valence-electron chi connectivity index (χ0n) is 14.2. The molecular weight excluding hydrogens is 327 g/mol. The summed E-state index contributed by atoms with van der Waals surface area (Å²) >= 11 is 0. The molecular formula is C16H19FN6O2. The molecule has 1 N–H and O–H groups in total. The number of nitrogens with zero attached hydrogens (tertiary/aromatic N) is 5. The van der Waals surface area contributed by atoms with E-state index in [-0.39, 0.29) is 24.9 Å². The first-order chi connectivity index (χ1) is 11.7. The molecule has 0 fully saturated rings. The molecule has 0 bridgehead atoms. The predicted octanol–water partition coefficient (Wildman–Crippen LogP) is 0.810. The molecule has 0 radical (unpaired) electrons. The molecule has 2 aromatic rings. The van der Waals surface area contributed by atoms with Crippen LogP contribution >= 0.6 is 0 Å². The molecule has 3 rings (SSSR count). The molecule has 25 heavy (non-hydrogen) atoms. The van der Waals surface area contributed by atoms with Crippen LogP contribution in [0.5, 0.6) is 0 Å². The normalized spacial score (nSPS) is 15.7. The van der Waals surface area contributed by atoms with Gasteiger partial charge in [0.05, 0.1) is 6.54 Å². The molecule has 1 aliphatic rings. The standard InChI is InChI=1S/C16H19FN6O2/c1-16(2,3)18-15(25)14(10-4-6-11(17)7-5-10)22-8-12-19-20-21-23(12)9-13(22)24/h4-7,14H,8-9H2,1-3H3,(H,18,25). The molecule has 9 heteroatoms. The average molecular weight is 346 g/mol.